The zero-order chi connectivity index (χ0) is 14.5. The highest BCUT2D eigenvalue weighted by Crippen LogP contribution is 2.27. The van der Waals surface area contributed by atoms with E-state index in [0.29, 0.717) is 0 Å². The van der Waals surface area contributed by atoms with Crippen LogP contribution >= 0.6 is 28.1 Å². The van der Waals surface area contributed by atoms with E-state index in [-0.39, 0.29) is 6.61 Å². The number of nitrogens with zero attached hydrogens (tertiary/aromatic N) is 1. The molecule has 0 radical (unpaired) electrons. The van der Waals surface area contributed by atoms with Crippen LogP contribution in [0.1, 0.15) is 25.3 Å². The highest BCUT2D eigenvalue weighted by Gasteiger charge is 2.19. The maximum Gasteiger partial charge on any atom is 0.148 e. The third-order valence-corrected chi connectivity index (χ3v) is 4.67. The largest absolute Gasteiger partial charge is 0.480 e. The van der Waals surface area contributed by atoms with Gasteiger partial charge >= 0.3 is 0 Å². The van der Waals surface area contributed by atoms with Gasteiger partial charge in [0.15, 0.2) is 0 Å². The molecule has 106 valence electrons. The van der Waals surface area contributed by atoms with Gasteiger partial charge in [-0.15, -0.1) is 6.42 Å². The SMILES string of the molecule is C#CCOc1ccc(C(=S)N2CCC(C)CC2)cc1Br. The molecule has 0 bridgehead atoms. The molecule has 1 aliphatic rings. The number of hydrogen-bond donors (Lipinski definition) is 0. The van der Waals surface area contributed by atoms with Crippen LogP contribution in [-0.4, -0.2) is 29.6 Å². The lowest BCUT2D eigenvalue weighted by molar-refractivity contribution is 0.284. The molecule has 0 unspecified atom stereocenters. The van der Waals surface area contributed by atoms with Crippen LogP contribution in [0.25, 0.3) is 0 Å². The first-order chi connectivity index (χ1) is 9.61. The second-order valence-electron chi connectivity index (χ2n) is 5.11. The summed E-state index contributed by atoms with van der Waals surface area (Å²) in [6.45, 7) is 4.67. The number of benzene rings is 1. The highest BCUT2D eigenvalue weighted by molar-refractivity contribution is 9.10. The van der Waals surface area contributed by atoms with Crippen molar-refractivity contribution in [3.05, 3.63) is 28.2 Å². The van der Waals surface area contributed by atoms with Crippen molar-refractivity contribution in [3.8, 4) is 18.1 Å². The molecule has 1 fully saturated rings. The third kappa shape index (κ3) is 3.74. The van der Waals surface area contributed by atoms with E-state index in [9.17, 15) is 0 Å². The van der Waals surface area contributed by atoms with E-state index >= 15 is 0 Å². The van der Waals surface area contributed by atoms with Gasteiger partial charge in [0.1, 0.15) is 17.3 Å². The number of halogens is 1. The van der Waals surface area contributed by atoms with Gasteiger partial charge in [-0.2, -0.15) is 0 Å². The van der Waals surface area contributed by atoms with E-state index in [1.807, 2.05) is 18.2 Å². The van der Waals surface area contributed by atoms with Crippen LogP contribution < -0.4 is 4.74 Å². The number of rotatable bonds is 3. The van der Waals surface area contributed by atoms with Gasteiger partial charge in [-0.3, -0.25) is 0 Å². The molecule has 1 heterocycles. The molecule has 20 heavy (non-hydrogen) atoms. The summed E-state index contributed by atoms with van der Waals surface area (Å²) in [4.78, 5) is 3.21. The number of likely N-dealkylation sites (tertiary alicyclic amines) is 1. The number of terminal acetylenes is 1. The van der Waals surface area contributed by atoms with Crippen LogP contribution in [0.5, 0.6) is 5.75 Å². The Kier molecular flexibility index (Phi) is 5.45. The van der Waals surface area contributed by atoms with Crippen molar-refractivity contribution in [2.45, 2.75) is 19.8 Å². The van der Waals surface area contributed by atoms with Crippen molar-refractivity contribution in [2.24, 2.45) is 5.92 Å². The van der Waals surface area contributed by atoms with E-state index < -0.39 is 0 Å². The van der Waals surface area contributed by atoms with Crippen LogP contribution in [0.3, 0.4) is 0 Å². The zero-order valence-corrected chi connectivity index (χ0v) is 14.0. The monoisotopic (exact) mass is 351 g/mol. The van der Waals surface area contributed by atoms with E-state index in [2.05, 4.69) is 33.7 Å². The molecule has 0 amide bonds. The van der Waals surface area contributed by atoms with Crippen molar-refractivity contribution < 1.29 is 4.74 Å². The molecule has 4 heteroatoms. The molecule has 2 rings (SSSR count). The van der Waals surface area contributed by atoms with Crippen molar-refractivity contribution >= 4 is 33.1 Å². The summed E-state index contributed by atoms with van der Waals surface area (Å²) in [5.74, 6) is 4.02. The summed E-state index contributed by atoms with van der Waals surface area (Å²) >= 11 is 9.11. The molecule has 0 N–H and O–H groups in total. The molecular weight excluding hydrogens is 334 g/mol. The standard InChI is InChI=1S/C16H18BrNOS/c1-3-10-19-15-5-4-13(11-14(15)17)16(20)18-8-6-12(2)7-9-18/h1,4-5,11-12H,6-10H2,2H3. The van der Waals surface area contributed by atoms with Gasteiger partial charge in [-0.1, -0.05) is 25.1 Å². The molecule has 0 aliphatic carbocycles. The summed E-state index contributed by atoms with van der Waals surface area (Å²) in [5, 5.41) is 0. The molecule has 0 aromatic heterocycles. The van der Waals surface area contributed by atoms with E-state index in [1.165, 1.54) is 12.8 Å². The number of ether oxygens (including phenoxy) is 1. The Morgan fingerprint density at radius 1 is 1.50 bits per heavy atom. The molecular formula is C16H18BrNOS. The van der Waals surface area contributed by atoms with Crippen molar-refractivity contribution in [3.63, 3.8) is 0 Å². The average Bonchev–Trinajstić information content (AvgIpc) is 2.46. The Bertz CT molecular complexity index is 530. The number of thiocarbonyl (C=S) groups is 1. The van der Waals surface area contributed by atoms with Gasteiger partial charge in [-0.05, 0) is 52.9 Å². The van der Waals surface area contributed by atoms with Crippen molar-refractivity contribution in [1.29, 1.82) is 0 Å². The highest BCUT2D eigenvalue weighted by atomic mass is 79.9. The fourth-order valence-corrected chi connectivity index (χ4v) is 3.07. The normalized spacial score (nSPS) is 15.8. The molecule has 1 aliphatic heterocycles. The van der Waals surface area contributed by atoms with Crippen molar-refractivity contribution in [2.75, 3.05) is 19.7 Å². The van der Waals surface area contributed by atoms with E-state index in [4.69, 9.17) is 23.4 Å². The van der Waals surface area contributed by atoms with Crippen LogP contribution in [0.15, 0.2) is 22.7 Å². The number of piperidine rings is 1. The molecule has 1 aromatic rings. The van der Waals surface area contributed by atoms with Crippen molar-refractivity contribution in [1.82, 2.24) is 4.90 Å². The molecule has 2 nitrogen and oxygen atoms in total. The number of hydrogen-bond acceptors (Lipinski definition) is 2. The van der Waals surface area contributed by atoms with Crippen LogP contribution in [0.2, 0.25) is 0 Å². The Morgan fingerprint density at radius 2 is 2.20 bits per heavy atom. The Morgan fingerprint density at radius 3 is 2.80 bits per heavy atom. The lowest BCUT2D eigenvalue weighted by Crippen LogP contribution is -2.37. The van der Waals surface area contributed by atoms with E-state index in [1.54, 1.807) is 0 Å². The lowest BCUT2D eigenvalue weighted by Gasteiger charge is -2.32. The summed E-state index contributed by atoms with van der Waals surface area (Å²) < 4.78 is 6.33. The van der Waals surface area contributed by atoms with Crippen LogP contribution in [0.4, 0.5) is 0 Å². The Balaban J connectivity index is 2.07. The lowest BCUT2D eigenvalue weighted by atomic mass is 9.99. The summed E-state index contributed by atoms with van der Waals surface area (Å²) in [6.07, 6.45) is 7.62. The first-order valence-electron chi connectivity index (χ1n) is 6.77. The second-order valence-corrected chi connectivity index (χ2v) is 6.35. The van der Waals surface area contributed by atoms with Gasteiger partial charge in [0.2, 0.25) is 0 Å². The minimum absolute atomic E-state index is 0.270. The summed E-state index contributed by atoms with van der Waals surface area (Å²) in [5.41, 5.74) is 1.05. The molecule has 1 aromatic carbocycles. The summed E-state index contributed by atoms with van der Waals surface area (Å²) in [7, 11) is 0. The van der Waals surface area contributed by atoms with Crippen LogP contribution in [0, 0.1) is 18.3 Å². The average molecular weight is 352 g/mol. The van der Waals surface area contributed by atoms with Gasteiger partial charge < -0.3 is 9.64 Å². The van der Waals surface area contributed by atoms with Gasteiger partial charge in [0.05, 0.1) is 4.47 Å². The molecule has 0 spiro atoms. The predicted molar refractivity (Wildman–Crippen MR) is 90.1 cm³/mol. The fourth-order valence-electron chi connectivity index (χ4n) is 2.26. The Hall–Kier alpha value is -1.05. The molecule has 1 saturated heterocycles. The fraction of sp³-hybridized carbons (Fsp3) is 0.438. The molecule has 0 atom stereocenters. The van der Waals surface area contributed by atoms with Gasteiger partial charge in [0, 0.05) is 18.7 Å². The minimum atomic E-state index is 0.270. The predicted octanol–water partition coefficient (Wildman–Crippen LogP) is 3.87. The maximum absolute atomic E-state index is 5.60. The zero-order valence-electron chi connectivity index (χ0n) is 11.6. The van der Waals surface area contributed by atoms with Crippen LogP contribution in [-0.2, 0) is 0 Å². The quantitative estimate of drug-likeness (QED) is 0.605. The minimum Gasteiger partial charge on any atom is -0.480 e. The third-order valence-electron chi connectivity index (χ3n) is 3.56. The first-order valence-corrected chi connectivity index (χ1v) is 7.97. The summed E-state index contributed by atoms with van der Waals surface area (Å²) in [6, 6.07) is 5.92. The maximum atomic E-state index is 5.60. The van der Waals surface area contributed by atoms with Gasteiger partial charge in [-0.25, -0.2) is 0 Å². The second kappa shape index (κ2) is 7.10. The molecule has 0 saturated carbocycles. The van der Waals surface area contributed by atoms with Gasteiger partial charge in [0.25, 0.3) is 0 Å². The van der Waals surface area contributed by atoms with E-state index in [0.717, 1.165) is 39.8 Å². The first kappa shape index (κ1) is 15.3. The topological polar surface area (TPSA) is 12.5 Å². The Labute approximate surface area is 134 Å². The smallest absolute Gasteiger partial charge is 0.148 e.